The fraction of sp³-hybridized carbons (Fsp3) is 0.310. The van der Waals surface area contributed by atoms with Gasteiger partial charge in [0.15, 0.2) is 0 Å². The number of hydrogen-bond donors (Lipinski definition) is 1. The monoisotopic (exact) mass is 573 g/mol. The molecule has 0 saturated carbocycles. The molecule has 3 rings (SSSR count). The van der Waals surface area contributed by atoms with Gasteiger partial charge in [-0.25, -0.2) is 12.8 Å². The number of rotatable bonds is 13. The van der Waals surface area contributed by atoms with E-state index in [1.807, 2.05) is 37.3 Å². The number of unbranched alkanes of at least 4 members (excludes halogenated alkanes) is 1. The van der Waals surface area contributed by atoms with Crippen LogP contribution in [-0.2, 0) is 32.6 Å². The molecule has 0 radical (unpaired) electrons. The summed E-state index contributed by atoms with van der Waals surface area (Å²) >= 11 is 5.90. The fourth-order valence-corrected chi connectivity index (χ4v) is 5.27. The number of halogens is 2. The topological polar surface area (TPSA) is 86.8 Å². The van der Waals surface area contributed by atoms with E-state index in [0.717, 1.165) is 22.7 Å². The molecule has 0 saturated heterocycles. The maximum Gasteiger partial charge on any atom is 0.243 e. The zero-order valence-corrected chi connectivity index (χ0v) is 23.6. The number of nitrogens with one attached hydrogen (secondary N) is 1. The molecule has 2 amide bonds. The number of carbonyl (C=O) groups is 2. The van der Waals surface area contributed by atoms with Crippen LogP contribution in [0.1, 0.15) is 30.9 Å². The number of hydrogen-bond acceptors (Lipinski definition) is 4. The Labute approximate surface area is 234 Å². The summed E-state index contributed by atoms with van der Waals surface area (Å²) in [5, 5.41) is 3.26. The van der Waals surface area contributed by atoms with Gasteiger partial charge in [-0.3, -0.25) is 9.59 Å². The molecule has 0 aliphatic heterocycles. The Kier molecular flexibility index (Phi) is 11.0. The minimum atomic E-state index is -4.04. The first-order chi connectivity index (χ1) is 18.6. The minimum absolute atomic E-state index is 0.0269. The van der Waals surface area contributed by atoms with Crippen molar-refractivity contribution in [1.29, 1.82) is 0 Å². The van der Waals surface area contributed by atoms with Crippen LogP contribution in [0.3, 0.4) is 0 Å². The molecule has 0 aromatic heterocycles. The first-order valence-corrected chi connectivity index (χ1v) is 14.5. The summed E-state index contributed by atoms with van der Waals surface area (Å²) < 4.78 is 41.9. The van der Waals surface area contributed by atoms with Gasteiger partial charge in [0.05, 0.1) is 11.4 Å². The second-order valence-corrected chi connectivity index (χ2v) is 11.7. The van der Waals surface area contributed by atoms with Gasteiger partial charge in [-0.05, 0) is 42.3 Å². The molecule has 0 fully saturated rings. The van der Waals surface area contributed by atoms with Crippen molar-refractivity contribution in [3.05, 3.63) is 101 Å². The van der Waals surface area contributed by atoms with Crippen LogP contribution < -0.4 is 5.32 Å². The van der Waals surface area contributed by atoms with Crippen LogP contribution in [0.5, 0.6) is 0 Å². The SMILES string of the molecule is CCCCNC(=O)C(Cc1ccccc1)N(Cc1ccccc1F)C(=O)CN(C)S(=O)(=O)c1ccc(Cl)cc1. The van der Waals surface area contributed by atoms with Crippen LogP contribution in [0.15, 0.2) is 83.8 Å². The summed E-state index contributed by atoms with van der Waals surface area (Å²) in [6.45, 7) is 1.66. The third-order valence-corrected chi connectivity index (χ3v) is 8.35. The molecule has 0 spiro atoms. The molecule has 1 atom stereocenters. The van der Waals surface area contributed by atoms with Crippen molar-refractivity contribution < 1.29 is 22.4 Å². The Hall–Kier alpha value is -3.27. The molecule has 0 bridgehead atoms. The van der Waals surface area contributed by atoms with Crippen molar-refractivity contribution in [3.8, 4) is 0 Å². The molecule has 7 nitrogen and oxygen atoms in total. The van der Waals surface area contributed by atoms with E-state index in [0.29, 0.717) is 11.6 Å². The zero-order valence-electron chi connectivity index (χ0n) is 22.0. The first-order valence-electron chi connectivity index (χ1n) is 12.7. The number of sulfonamides is 1. The van der Waals surface area contributed by atoms with Crippen molar-refractivity contribution in [2.75, 3.05) is 20.1 Å². The number of carbonyl (C=O) groups excluding carboxylic acids is 2. The Morgan fingerprint density at radius 1 is 0.974 bits per heavy atom. The van der Waals surface area contributed by atoms with Gasteiger partial charge in [0.25, 0.3) is 0 Å². The molecule has 1 N–H and O–H groups in total. The van der Waals surface area contributed by atoms with Gasteiger partial charge in [0, 0.05) is 37.1 Å². The Balaban J connectivity index is 1.96. The van der Waals surface area contributed by atoms with E-state index < -0.39 is 34.3 Å². The third-order valence-electron chi connectivity index (χ3n) is 6.28. The van der Waals surface area contributed by atoms with Crippen LogP contribution in [0.25, 0.3) is 0 Å². The highest BCUT2D eigenvalue weighted by molar-refractivity contribution is 7.89. The quantitative estimate of drug-likeness (QED) is 0.301. The van der Waals surface area contributed by atoms with Gasteiger partial charge in [-0.15, -0.1) is 0 Å². The molecule has 0 heterocycles. The molecule has 0 aliphatic rings. The average Bonchev–Trinajstić information content (AvgIpc) is 2.92. The van der Waals surface area contributed by atoms with Crippen molar-refractivity contribution in [3.63, 3.8) is 0 Å². The summed E-state index contributed by atoms with van der Waals surface area (Å²) in [6, 6.07) is 19.8. The van der Waals surface area contributed by atoms with Gasteiger partial charge in [0.1, 0.15) is 11.9 Å². The van der Waals surface area contributed by atoms with Crippen LogP contribution in [0.2, 0.25) is 5.02 Å². The maximum absolute atomic E-state index is 14.7. The molecular formula is C29H33ClFN3O4S. The summed E-state index contributed by atoms with van der Waals surface area (Å²) in [5.74, 6) is -1.55. The number of likely N-dealkylation sites (N-methyl/N-ethyl adjacent to an activating group) is 1. The molecule has 3 aromatic rings. The molecule has 1 unspecified atom stereocenters. The number of benzene rings is 3. The Morgan fingerprint density at radius 2 is 1.62 bits per heavy atom. The van der Waals surface area contributed by atoms with E-state index in [1.165, 1.54) is 48.3 Å². The molecule has 3 aromatic carbocycles. The van der Waals surface area contributed by atoms with Crippen molar-refractivity contribution in [2.45, 2.75) is 43.7 Å². The molecule has 208 valence electrons. The Bertz CT molecular complexity index is 1350. The molecular weight excluding hydrogens is 541 g/mol. The number of amides is 2. The van der Waals surface area contributed by atoms with E-state index >= 15 is 0 Å². The molecule has 0 aliphatic carbocycles. The highest BCUT2D eigenvalue weighted by Crippen LogP contribution is 2.20. The molecule has 39 heavy (non-hydrogen) atoms. The van der Waals surface area contributed by atoms with E-state index in [2.05, 4.69) is 5.32 Å². The van der Waals surface area contributed by atoms with E-state index in [1.54, 1.807) is 12.1 Å². The highest BCUT2D eigenvalue weighted by atomic mass is 35.5. The van der Waals surface area contributed by atoms with Gasteiger partial charge < -0.3 is 10.2 Å². The standard InChI is InChI=1S/C29H33ClFN3O4S/c1-3-4-18-32-29(36)27(19-22-10-6-5-7-11-22)34(20-23-12-8-9-13-26(23)31)28(35)21-33(2)39(37,38)25-16-14-24(30)15-17-25/h5-17,27H,3-4,18-21H2,1-2H3,(H,32,36). The zero-order chi connectivity index (χ0) is 28.4. The van der Waals surface area contributed by atoms with Crippen molar-refractivity contribution in [2.24, 2.45) is 0 Å². The van der Waals surface area contributed by atoms with Crippen molar-refractivity contribution >= 4 is 33.4 Å². The van der Waals surface area contributed by atoms with E-state index in [4.69, 9.17) is 11.6 Å². The summed E-state index contributed by atoms with van der Waals surface area (Å²) in [5.41, 5.74) is 1.02. The number of nitrogens with zero attached hydrogens (tertiary/aromatic N) is 2. The first kappa shape index (κ1) is 30.3. The highest BCUT2D eigenvalue weighted by Gasteiger charge is 2.33. The van der Waals surface area contributed by atoms with Crippen LogP contribution in [0, 0.1) is 5.82 Å². The second-order valence-electron chi connectivity index (χ2n) is 9.18. The lowest BCUT2D eigenvalue weighted by Crippen LogP contribution is -2.53. The lowest BCUT2D eigenvalue weighted by molar-refractivity contribution is -0.141. The van der Waals surface area contributed by atoms with Crippen LogP contribution in [0.4, 0.5) is 4.39 Å². The normalized spacial score (nSPS) is 12.2. The van der Waals surface area contributed by atoms with Gasteiger partial charge >= 0.3 is 0 Å². The second kappa shape index (κ2) is 14.2. The maximum atomic E-state index is 14.7. The smallest absolute Gasteiger partial charge is 0.243 e. The third kappa shape index (κ3) is 8.36. The Morgan fingerprint density at radius 3 is 2.26 bits per heavy atom. The van der Waals surface area contributed by atoms with Crippen LogP contribution in [-0.4, -0.2) is 55.6 Å². The van der Waals surface area contributed by atoms with E-state index in [9.17, 15) is 22.4 Å². The minimum Gasteiger partial charge on any atom is -0.354 e. The predicted octanol–water partition coefficient (Wildman–Crippen LogP) is 4.66. The van der Waals surface area contributed by atoms with Gasteiger partial charge in [0.2, 0.25) is 21.8 Å². The predicted molar refractivity (Wildman–Crippen MR) is 150 cm³/mol. The average molecular weight is 574 g/mol. The summed E-state index contributed by atoms with van der Waals surface area (Å²) in [4.78, 5) is 28.4. The van der Waals surface area contributed by atoms with Gasteiger partial charge in [-0.2, -0.15) is 4.31 Å². The van der Waals surface area contributed by atoms with Crippen LogP contribution >= 0.6 is 11.6 Å². The van der Waals surface area contributed by atoms with E-state index in [-0.39, 0.29) is 29.3 Å². The lowest BCUT2D eigenvalue weighted by Gasteiger charge is -2.32. The van der Waals surface area contributed by atoms with Crippen molar-refractivity contribution in [1.82, 2.24) is 14.5 Å². The lowest BCUT2D eigenvalue weighted by atomic mass is 10.0. The summed E-state index contributed by atoms with van der Waals surface area (Å²) in [6.07, 6.45) is 1.80. The summed E-state index contributed by atoms with van der Waals surface area (Å²) in [7, 11) is -2.75. The largest absolute Gasteiger partial charge is 0.354 e. The molecule has 10 heteroatoms. The fourth-order valence-electron chi connectivity index (χ4n) is 4.02. The van der Waals surface area contributed by atoms with Gasteiger partial charge in [-0.1, -0.05) is 73.5 Å².